The van der Waals surface area contributed by atoms with Crippen molar-refractivity contribution >= 4 is 11.9 Å². The maximum Gasteiger partial charge on any atom is 0.381 e. The first-order valence-corrected chi connectivity index (χ1v) is 7.78. The van der Waals surface area contributed by atoms with Crippen LogP contribution < -0.4 is 0 Å². The number of hydrogen-bond donors (Lipinski definition) is 1. The quantitative estimate of drug-likeness (QED) is 0.367. The van der Waals surface area contributed by atoms with Gasteiger partial charge in [0.2, 0.25) is 0 Å². The number of carboxylic acid groups (broad SMARTS) is 1. The molecule has 0 aliphatic heterocycles. The van der Waals surface area contributed by atoms with Gasteiger partial charge >= 0.3 is 36.1 Å². The van der Waals surface area contributed by atoms with Gasteiger partial charge in [-0.05, 0) is 12.8 Å². The lowest BCUT2D eigenvalue weighted by atomic mass is 9.80. The maximum absolute atomic E-state index is 14.3. The van der Waals surface area contributed by atoms with Crippen molar-refractivity contribution in [3.63, 3.8) is 0 Å². The fraction of sp³-hybridized carbons (Fsp3) is 0.733. The first-order valence-electron chi connectivity index (χ1n) is 7.78. The summed E-state index contributed by atoms with van der Waals surface area (Å²) >= 11 is 0. The smallest absolute Gasteiger partial charge is 0.381 e. The Labute approximate surface area is 148 Å². The molecule has 0 saturated heterocycles. The minimum Gasteiger partial charge on any atom is -0.478 e. The third-order valence-corrected chi connectivity index (χ3v) is 4.15. The third kappa shape index (κ3) is 4.89. The summed E-state index contributed by atoms with van der Waals surface area (Å²) in [7, 11) is 0. The van der Waals surface area contributed by atoms with Crippen LogP contribution in [0.4, 0.5) is 35.1 Å². The topological polar surface area (TPSA) is 63.6 Å². The summed E-state index contributed by atoms with van der Waals surface area (Å²) in [5.41, 5.74) is 0. The van der Waals surface area contributed by atoms with E-state index in [1.807, 2.05) is 0 Å². The van der Waals surface area contributed by atoms with Crippen molar-refractivity contribution in [1.29, 1.82) is 0 Å². The summed E-state index contributed by atoms with van der Waals surface area (Å²) in [6.45, 7) is 0. The number of rotatable bonds is 8. The number of carbonyl (C=O) groups is 2. The van der Waals surface area contributed by atoms with Gasteiger partial charge in [-0.25, -0.2) is 18.4 Å². The molecule has 1 aliphatic carbocycles. The van der Waals surface area contributed by atoms with Crippen LogP contribution in [-0.2, 0) is 14.3 Å². The van der Waals surface area contributed by atoms with Gasteiger partial charge in [-0.15, -0.1) is 0 Å². The lowest BCUT2D eigenvalue weighted by molar-refractivity contribution is -0.360. The largest absolute Gasteiger partial charge is 0.478 e. The van der Waals surface area contributed by atoms with E-state index in [9.17, 15) is 44.7 Å². The van der Waals surface area contributed by atoms with E-state index in [-0.39, 0.29) is 37.8 Å². The highest BCUT2D eigenvalue weighted by Crippen LogP contribution is 2.52. The number of ether oxygens (including phenoxy) is 1. The van der Waals surface area contributed by atoms with Gasteiger partial charge in [-0.1, -0.05) is 19.3 Å². The molecule has 0 aromatic carbocycles. The van der Waals surface area contributed by atoms with Gasteiger partial charge < -0.3 is 9.84 Å². The number of esters is 1. The number of hydrogen-bond acceptors (Lipinski definition) is 3. The molecule has 27 heavy (non-hydrogen) atoms. The van der Waals surface area contributed by atoms with E-state index in [0.29, 0.717) is 6.42 Å². The summed E-state index contributed by atoms with van der Waals surface area (Å²) in [6, 6.07) is 0. The van der Waals surface area contributed by atoms with E-state index in [1.54, 1.807) is 0 Å². The van der Waals surface area contributed by atoms with E-state index in [4.69, 9.17) is 5.11 Å². The SMILES string of the molecule is O=C(O)/C=C/C(=O)OC(C1CCCCC1)C(F)(F)C(F)(F)C(F)(F)C(F)F. The molecule has 0 amide bonds. The number of aliphatic carboxylic acids is 1. The first kappa shape index (κ1) is 23.2. The molecule has 1 atom stereocenters. The second-order valence-electron chi connectivity index (χ2n) is 6.05. The average molecular weight is 412 g/mol. The monoisotopic (exact) mass is 412 g/mol. The van der Waals surface area contributed by atoms with Crippen LogP contribution in [0.15, 0.2) is 12.2 Å². The molecule has 0 aromatic rings. The van der Waals surface area contributed by atoms with Gasteiger partial charge in [-0.3, -0.25) is 0 Å². The van der Waals surface area contributed by atoms with Crippen molar-refractivity contribution in [3.8, 4) is 0 Å². The number of carboxylic acids is 1. The lowest BCUT2D eigenvalue weighted by Crippen LogP contribution is -2.64. The van der Waals surface area contributed by atoms with E-state index in [2.05, 4.69) is 4.74 Å². The highest BCUT2D eigenvalue weighted by atomic mass is 19.4. The second kappa shape index (κ2) is 8.42. The number of alkyl halides is 8. The predicted octanol–water partition coefficient (Wildman–Crippen LogP) is 4.29. The van der Waals surface area contributed by atoms with E-state index in [1.165, 1.54) is 0 Å². The van der Waals surface area contributed by atoms with Crippen molar-refractivity contribution in [1.82, 2.24) is 0 Å². The zero-order valence-corrected chi connectivity index (χ0v) is 13.6. The van der Waals surface area contributed by atoms with Crippen LogP contribution in [0.3, 0.4) is 0 Å². The van der Waals surface area contributed by atoms with Gasteiger partial charge in [0.25, 0.3) is 0 Å². The molecule has 1 aliphatic rings. The van der Waals surface area contributed by atoms with Crippen molar-refractivity contribution in [2.24, 2.45) is 5.92 Å². The molecule has 156 valence electrons. The standard InChI is InChI=1S/C15H16F8O4/c16-12(17)14(20,21)15(22,23)13(18,19)11(8-4-2-1-3-5-8)27-10(26)7-6-9(24)25/h6-8,11-12H,1-5H2,(H,24,25)/b7-6+. The van der Waals surface area contributed by atoms with Crippen LogP contribution in [-0.4, -0.2) is 47.3 Å². The van der Waals surface area contributed by atoms with Gasteiger partial charge in [-0.2, -0.15) is 26.3 Å². The van der Waals surface area contributed by atoms with Crippen LogP contribution in [0, 0.1) is 5.92 Å². The van der Waals surface area contributed by atoms with Crippen molar-refractivity contribution < 1.29 is 54.6 Å². The molecular formula is C15H16F8O4. The fourth-order valence-electron chi connectivity index (χ4n) is 2.74. The Morgan fingerprint density at radius 1 is 0.926 bits per heavy atom. The van der Waals surface area contributed by atoms with Crippen molar-refractivity contribution in [2.45, 2.75) is 62.4 Å². The van der Waals surface area contributed by atoms with Gasteiger partial charge in [0.05, 0.1) is 0 Å². The Hall–Kier alpha value is -1.88. The summed E-state index contributed by atoms with van der Waals surface area (Å²) in [5, 5.41) is 8.36. The van der Waals surface area contributed by atoms with Crippen LogP contribution in [0.5, 0.6) is 0 Å². The molecular weight excluding hydrogens is 396 g/mol. The highest BCUT2D eigenvalue weighted by Gasteiger charge is 2.78. The van der Waals surface area contributed by atoms with Gasteiger partial charge in [0.15, 0.2) is 6.10 Å². The Bertz CT molecular complexity index is 570. The summed E-state index contributed by atoms with van der Waals surface area (Å²) in [6.07, 6.45) is -7.30. The number of carbonyl (C=O) groups excluding carboxylic acids is 1. The van der Waals surface area contributed by atoms with Crippen LogP contribution in [0.25, 0.3) is 0 Å². The summed E-state index contributed by atoms with van der Waals surface area (Å²) in [5.74, 6) is -23.7. The maximum atomic E-state index is 14.3. The van der Waals surface area contributed by atoms with E-state index < -0.39 is 48.2 Å². The lowest BCUT2D eigenvalue weighted by Gasteiger charge is -2.40. The normalized spacial score (nSPS) is 18.7. The van der Waals surface area contributed by atoms with Gasteiger partial charge in [0.1, 0.15) is 0 Å². The molecule has 0 bridgehead atoms. The Balaban J connectivity index is 3.26. The average Bonchev–Trinajstić information content (AvgIpc) is 2.57. The van der Waals surface area contributed by atoms with E-state index >= 15 is 0 Å². The highest BCUT2D eigenvalue weighted by molar-refractivity contribution is 5.90. The van der Waals surface area contributed by atoms with Crippen LogP contribution in [0.2, 0.25) is 0 Å². The number of halogens is 8. The fourth-order valence-corrected chi connectivity index (χ4v) is 2.74. The molecule has 0 aromatic heterocycles. The second-order valence-corrected chi connectivity index (χ2v) is 6.05. The molecule has 4 nitrogen and oxygen atoms in total. The van der Waals surface area contributed by atoms with Gasteiger partial charge in [0, 0.05) is 18.1 Å². The Morgan fingerprint density at radius 3 is 1.89 bits per heavy atom. The van der Waals surface area contributed by atoms with Crippen molar-refractivity contribution in [3.05, 3.63) is 12.2 Å². The molecule has 1 N–H and O–H groups in total. The molecule has 0 heterocycles. The first-order chi connectivity index (χ1) is 12.2. The molecule has 0 radical (unpaired) electrons. The zero-order chi connectivity index (χ0) is 21.0. The molecule has 1 fully saturated rings. The summed E-state index contributed by atoms with van der Waals surface area (Å²) in [4.78, 5) is 21.8. The zero-order valence-electron chi connectivity index (χ0n) is 13.6. The molecule has 12 heteroatoms. The molecule has 1 unspecified atom stereocenters. The van der Waals surface area contributed by atoms with Crippen LogP contribution in [0.1, 0.15) is 32.1 Å². The minimum atomic E-state index is -6.52. The predicted molar refractivity (Wildman–Crippen MR) is 74.1 cm³/mol. The summed E-state index contributed by atoms with van der Waals surface area (Å²) < 4.78 is 111. The minimum absolute atomic E-state index is 0.123. The Morgan fingerprint density at radius 2 is 1.44 bits per heavy atom. The molecule has 1 saturated carbocycles. The molecule has 1 rings (SSSR count). The van der Waals surface area contributed by atoms with E-state index in [0.717, 1.165) is 0 Å². The molecule has 0 spiro atoms. The van der Waals surface area contributed by atoms with Crippen molar-refractivity contribution in [2.75, 3.05) is 0 Å². The van der Waals surface area contributed by atoms with Crippen LogP contribution >= 0.6 is 0 Å². The third-order valence-electron chi connectivity index (χ3n) is 4.15. The Kier molecular flexibility index (Phi) is 7.23.